The molecule has 1 aliphatic heterocycles. The summed E-state index contributed by atoms with van der Waals surface area (Å²) in [5.41, 5.74) is 0.716. The molecule has 0 radical (unpaired) electrons. The van der Waals surface area contributed by atoms with Crippen LogP contribution in [0.1, 0.15) is 28.8 Å². The van der Waals surface area contributed by atoms with Gasteiger partial charge in [0.2, 0.25) is 10.0 Å². The number of hydrogen-bond acceptors (Lipinski definition) is 6. The number of carbonyl (C=O) groups is 1. The van der Waals surface area contributed by atoms with Crippen LogP contribution in [-0.2, 0) is 10.0 Å². The summed E-state index contributed by atoms with van der Waals surface area (Å²) in [6.45, 7) is 2.44. The first kappa shape index (κ1) is 24.6. The molecule has 0 saturated carbocycles. The Morgan fingerprint density at radius 3 is 2.48 bits per heavy atom. The largest absolute Gasteiger partial charge is 0.573 e. The number of benzene rings is 2. The molecule has 1 fully saturated rings. The summed E-state index contributed by atoms with van der Waals surface area (Å²) >= 11 is 0. The third kappa shape index (κ3) is 6.73. The second kappa shape index (κ2) is 9.46. The maximum Gasteiger partial charge on any atom is 0.573 e. The van der Waals surface area contributed by atoms with Gasteiger partial charge in [-0.05, 0) is 55.7 Å². The van der Waals surface area contributed by atoms with Crippen molar-refractivity contribution < 1.29 is 40.2 Å². The van der Waals surface area contributed by atoms with E-state index in [1.54, 1.807) is 11.6 Å². The smallest absolute Gasteiger partial charge is 0.491 e. The molecule has 1 aliphatic rings. The molecule has 2 aromatic rings. The number of aryl methyl sites for hydroxylation is 1. The van der Waals surface area contributed by atoms with Gasteiger partial charge in [-0.25, -0.2) is 17.5 Å². The Morgan fingerprint density at radius 1 is 1.21 bits per heavy atom. The Bertz CT molecular complexity index is 1120. The van der Waals surface area contributed by atoms with E-state index >= 15 is 0 Å². The number of nitrogens with zero attached hydrogens (tertiary/aromatic N) is 1. The molecule has 1 saturated heterocycles. The first-order valence-electron chi connectivity index (χ1n) is 9.90. The van der Waals surface area contributed by atoms with Gasteiger partial charge in [-0.3, -0.25) is 4.79 Å². The molecule has 1 heterocycles. The average molecular weight is 490 g/mol. The Morgan fingerprint density at radius 2 is 1.88 bits per heavy atom. The van der Waals surface area contributed by atoms with Crippen molar-refractivity contribution in [1.82, 2.24) is 4.72 Å². The molecule has 3 rings (SSSR count). The highest BCUT2D eigenvalue weighted by Gasteiger charge is 2.31. The summed E-state index contributed by atoms with van der Waals surface area (Å²) in [7, 11) is -3.84. The number of sulfonamides is 1. The molecular formula is C21H22F4N2O5S. The summed E-state index contributed by atoms with van der Waals surface area (Å²) in [6, 6.07) is 7.65. The summed E-state index contributed by atoms with van der Waals surface area (Å²) < 4.78 is 85.3. The summed E-state index contributed by atoms with van der Waals surface area (Å²) in [4.78, 5) is 13.9. The molecule has 0 spiro atoms. The molecule has 0 aliphatic carbocycles. The zero-order valence-electron chi connectivity index (χ0n) is 17.8. The van der Waals surface area contributed by atoms with E-state index in [-0.39, 0.29) is 24.1 Å². The number of anilines is 1. The van der Waals surface area contributed by atoms with Crippen molar-refractivity contribution in [2.24, 2.45) is 0 Å². The Balaban J connectivity index is 1.68. The van der Waals surface area contributed by atoms with Crippen molar-refractivity contribution in [3.8, 4) is 11.5 Å². The molecule has 12 heteroatoms. The van der Waals surface area contributed by atoms with Gasteiger partial charge >= 0.3 is 6.36 Å². The SMILES string of the molecule is Cc1cc(C(=O)NS(C)(=O)=O)c(F)cc1OC[C@H]1CCCN1c1ccc(OC(F)(F)F)cc1. The van der Waals surface area contributed by atoms with Crippen LogP contribution >= 0.6 is 0 Å². The predicted molar refractivity (Wildman–Crippen MR) is 112 cm³/mol. The normalized spacial score (nSPS) is 16.5. The lowest BCUT2D eigenvalue weighted by atomic mass is 10.1. The minimum atomic E-state index is -4.76. The minimum absolute atomic E-state index is 0.102. The monoisotopic (exact) mass is 490 g/mol. The van der Waals surface area contributed by atoms with Crippen LogP contribution in [0.2, 0.25) is 0 Å². The number of nitrogens with one attached hydrogen (secondary N) is 1. The van der Waals surface area contributed by atoms with Crippen molar-refractivity contribution in [3.63, 3.8) is 0 Å². The zero-order chi connectivity index (χ0) is 24.4. The van der Waals surface area contributed by atoms with Crippen LogP contribution in [0.4, 0.5) is 23.2 Å². The highest BCUT2D eigenvalue weighted by molar-refractivity contribution is 7.89. The highest BCUT2D eigenvalue weighted by Crippen LogP contribution is 2.30. The lowest BCUT2D eigenvalue weighted by Gasteiger charge is -2.27. The fraction of sp³-hybridized carbons (Fsp3) is 0.381. The van der Waals surface area contributed by atoms with Gasteiger partial charge in [0.15, 0.2) is 0 Å². The standard InChI is InChI=1S/C21H22F4N2O5S/c1-13-10-17(20(28)26-33(2,29)30)18(22)11-19(13)31-12-15-4-3-9-27(15)14-5-7-16(8-6-14)32-21(23,24)25/h5-8,10-11,15H,3-4,9,12H2,1-2H3,(H,26,28)/t15-/m1/s1. The van der Waals surface area contributed by atoms with Gasteiger partial charge in [0.25, 0.3) is 5.91 Å². The third-order valence-electron chi connectivity index (χ3n) is 5.00. The predicted octanol–water partition coefficient (Wildman–Crippen LogP) is 3.77. The first-order valence-corrected chi connectivity index (χ1v) is 11.8. The maximum atomic E-state index is 14.4. The van der Waals surface area contributed by atoms with Crippen LogP contribution in [-0.4, -0.2) is 46.1 Å². The van der Waals surface area contributed by atoms with Crippen molar-refractivity contribution in [3.05, 3.63) is 53.3 Å². The zero-order valence-corrected chi connectivity index (χ0v) is 18.6. The number of ether oxygens (including phenoxy) is 2. The topological polar surface area (TPSA) is 84.9 Å². The van der Waals surface area contributed by atoms with Crippen molar-refractivity contribution in [2.45, 2.75) is 32.2 Å². The van der Waals surface area contributed by atoms with Crippen LogP contribution < -0.4 is 19.1 Å². The van der Waals surface area contributed by atoms with Gasteiger partial charge in [-0.15, -0.1) is 13.2 Å². The third-order valence-corrected chi connectivity index (χ3v) is 5.55. The van der Waals surface area contributed by atoms with Gasteiger partial charge in [0.1, 0.15) is 23.9 Å². The molecule has 7 nitrogen and oxygen atoms in total. The average Bonchev–Trinajstić information content (AvgIpc) is 3.15. The fourth-order valence-corrected chi connectivity index (χ4v) is 4.04. The Hall–Kier alpha value is -3.02. The van der Waals surface area contributed by atoms with Crippen LogP contribution in [0.5, 0.6) is 11.5 Å². The maximum absolute atomic E-state index is 14.4. The van der Waals surface area contributed by atoms with E-state index in [1.165, 1.54) is 30.3 Å². The van der Waals surface area contributed by atoms with E-state index in [1.807, 2.05) is 4.90 Å². The lowest BCUT2D eigenvalue weighted by molar-refractivity contribution is -0.274. The highest BCUT2D eigenvalue weighted by atomic mass is 32.2. The number of carbonyl (C=O) groups excluding carboxylic acids is 1. The van der Waals surface area contributed by atoms with E-state index in [4.69, 9.17) is 4.74 Å². The number of halogens is 4. The minimum Gasteiger partial charge on any atom is -0.491 e. The summed E-state index contributed by atoms with van der Waals surface area (Å²) in [5.74, 6) is -2.13. The van der Waals surface area contributed by atoms with Crippen molar-refractivity contribution in [1.29, 1.82) is 0 Å². The molecule has 1 amide bonds. The van der Waals surface area contributed by atoms with Crippen LogP contribution in [0, 0.1) is 12.7 Å². The van der Waals surface area contributed by atoms with Crippen LogP contribution in [0.15, 0.2) is 36.4 Å². The number of rotatable bonds is 7. The van der Waals surface area contributed by atoms with E-state index in [0.29, 0.717) is 17.8 Å². The molecule has 0 unspecified atom stereocenters. The van der Waals surface area contributed by atoms with E-state index in [9.17, 15) is 30.8 Å². The first-order chi connectivity index (χ1) is 15.3. The summed E-state index contributed by atoms with van der Waals surface area (Å²) in [6.07, 6.45) is -2.37. The molecule has 0 aromatic heterocycles. The molecule has 1 atom stereocenters. The van der Waals surface area contributed by atoms with Gasteiger partial charge < -0.3 is 14.4 Å². The quantitative estimate of drug-likeness (QED) is 0.595. The number of alkyl halides is 3. The van der Waals surface area contributed by atoms with Gasteiger partial charge in [0.05, 0.1) is 17.9 Å². The van der Waals surface area contributed by atoms with Gasteiger partial charge in [-0.1, -0.05) is 0 Å². The second-order valence-electron chi connectivity index (χ2n) is 7.64. The van der Waals surface area contributed by atoms with Crippen LogP contribution in [0.3, 0.4) is 0 Å². The summed E-state index contributed by atoms with van der Waals surface area (Å²) in [5, 5.41) is 0. The molecule has 2 aromatic carbocycles. The van der Waals surface area contributed by atoms with Crippen LogP contribution in [0.25, 0.3) is 0 Å². The van der Waals surface area contributed by atoms with Gasteiger partial charge in [-0.2, -0.15) is 0 Å². The Labute approximate surface area is 188 Å². The van der Waals surface area contributed by atoms with Crippen molar-refractivity contribution >= 4 is 21.6 Å². The molecule has 0 bridgehead atoms. The molecule has 180 valence electrons. The molecule has 33 heavy (non-hydrogen) atoms. The Kier molecular flexibility index (Phi) is 7.06. The number of amides is 1. The second-order valence-corrected chi connectivity index (χ2v) is 9.39. The molecular weight excluding hydrogens is 468 g/mol. The van der Waals surface area contributed by atoms with E-state index in [2.05, 4.69) is 4.74 Å². The van der Waals surface area contributed by atoms with E-state index in [0.717, 1.165) is 25.2 Å². The lowest BCUT2D eigenvalue weighted by Crippen LogP contribution is -2.34. The van der Waals surface area contributed by atoms with E-state index < -0.39 is 33.7 Å². The number of hydrogen-bond donors (Lipinski definition) is 1. The van der Waals surface area contributed by atoms with Crippen molar-refractivity contribution in [2.75, 3.05) is 24.3 Å². The molecule has 1 N–H and O–H groups in total. The van der Waals surface area contributed by atoms with Gasteiger partial charge in [0, 0.05) is 18.3 Å². The fourth-order valence-electron chi connectivity index (χ4n) is 3.59.